The highest BCUT2D eigenvalue weighted by molar-refractivity contribution is 7.15. The van der Waals surface area contributed by atoms with E-state index in [4.69, 9.17) is 9.47 Å². The number of nitrogens with one attached hydrogen (secondary N) is 3. The zero-order valence-corrected chi connectivity index (χ0v) is 36.4. The molecule has 0 saturated carbocycles. The maximum absolute atomic E-state index is 13.8. The smallest absolute Gasteiger partial charge is 0.410 e. The van der Waals surface area contributed by atoms with Crippen molar-refractivity contribution in [3.63, 3.8) is 0 Å². The van der Waals surface area contributed by atoms with Crippen LogP contribution >= 0.6 is 22.7 Å². The number of rotatable bonds is 17. The first kappa shape index (κ1) is 44.2. The molecule has 0 fully saturated rings. The van der Waals surface area contributed by atoms with Gasteiger partial charge in [-0.1, -0.05) is 120 Å². The van der Waals surface area contributed by atoms with E-state index in [0.29, 0.717) is 24.6 Å². The summed E-state index contributed by atoms with van der Waals surface area (Å²) in [5, 5.41) is 9.90. The monoisotopic (exact) mass is 858 g/mol. The van der Waals surface area contributed by atoms with Crippen molar-refractivity contribution in [2.75, 3.05) is 6.54 Å². The molecule has 61 heavy (non-hydrogen) atoms. The standard InChI is InChI=1S/C47H50N6O6S2/c1-6-25-53(45(55)43(31(4)5)52-47(57)59-37-15-11-8-12-16-37)29-41-49-27-39(61-41)35-23-19-33(20-24-35)32-17-21-34(22-18-32)38-26-48-40(60-38)28-50-44(54)42(30(2)3)51-46(56)58-36-13-9-7-10-14-36/h7-24,26-27,30-31,42-43H,6,25,28-29H2,1-5H3,(H,50,54)(H,51,56)(H,52,57). The fourth-order valence-electron chi connectivity index (χ4n) is 6.42. The number of benzene rings is 4. The average Bonchev–Trinajstić information content (AvgIpc) is 3.95. The Kier molecular flexibility index (Phi) is 15.4. The summed E-state index contributed by atoms with van der Waals surface area (Å²) >= 11 is 3.03. The number of para-hydroxylation sites is 2. The van der Waals surface area contributed by atoms with Gasteiger partial charge in [0.15, 0.2) is 0 Å². The molecule has 14 heteroatoms. The second kappa shape index (κ2) is 21.2. The number of thiazole rings is 2. The van der Waals surface area contributed by atoms with E-state index in [2.05, 4.69) is 74.4 Å². The quantitative estimate of drug-likeness (QED) is 0.0821. The van der Waals surface area contributed by atoms with Crippen LogP contribution in [0.3, 0.4) is 0 Å². The number of carbonyl (C=O) groups is 4. The molecule has 0 aliphatic rings. The van der Waals surface area contributed by atoms with Crippen LogP contribution in [-0.4, -0.2) is 57.5 Å². The Bertz CT molecular complexity index is 2370. The van der Waals surface area contributed by atoms with Gasteiger partial charge in [-0.05, 0) is 64.8 Å². The summed E-state index contributed by atoms with van der Waals surface area (Å²) in [7, 11) is 0. The molecule has 4 amide bonds. The molecule has 0 spiro atoms. The van der Waals surface area contributed by atoms with Gasteiger partial charge in [0.05, 0.1) is 22.8 Å². The number of hydrogen-bond donors (Lipinski definition) is 3. The summed E-state index contributed by atoms with van der Waals surface area (Å²) in [6, 6.07) is 32.5. The molecule has 6 rings (SSSR count). The van der Waals surface area contributed by atoms with Gasteiger partial charge in [-0.2, -0.15) is 0 Å². The summed E-state index contributed by atoms with van der Waals surface area (Å²) in [6.45, 7) is 10.6. The zero-order valence-electron chi connectivity index (χ0n) is 34.8. The number of aromatic nitrogens is 2. The maximum Gasteiger partial charge on any atom is 0.413 e. The first-order valence-electron chi connectivity index (χ1n) is 20.2. The average molecular weight is 859 g/mol. The van der Waals surface area contributed by atoms with Crippen molar-refractivity contribution in [1.29, 1.82) is 0 Å². The first-order chi connectivity index (χ1) is 29.5. The lowest BCUT2D eigenvalue weighted by atomic mass is 10.0. The fourth-order valence-corrected chi connectivity index (χ4v) is 8.22. The molecule has 316 valence electrons. The van der Waals surface area contributed by atoms with Crippen molar-refractivity contribution < 1.29 is 28.7 Å². The van der Waals surface area contributed by atoms with Crippen LogP contribution in [-0.2, 0) is 22.7 Å². The van der Waals surface area contributed by atoms with Crippen molar-refractivity contribution in [2.24, 2.45) is 11.8 Å². The molecule has 0 aliphatic heterocycles. The predicted octanol–water partition coefficient (Wildman–Crippen LogP) is 9.58. The normalized spacial score (nSPS) is 12.0. The van der Waals surface area contributed by atoms with Crippen LogP contribution in [0.5, 0.6) is 11.5 Å². The van der Waals surface area contributed by atoms with Crippen LogP contribution in [0.2, 0.25) is 0 Å². The van der Waals surface area contributed by atoms with Crippen LogP contribution in [0.25, 0.3) is 32.0 Å². The van der Waals surface area contributed by atoms with Crippen molar-refractivity contribution in [1.82, 2.24) is 30.8 Å². The lowest BCUT2D eigenvalue weighted by Gasteiger charge is -2.29. The highest BCUT2D eigenvalue weighted by Gasteiger charge is 2.30. The maximum atomic E-state index is 13.8. The van der Waals surface area contributed by atoms with Crippen LogP contribution in [0.1, 0.15) is 51.1 Å². The van der Waals surface area contributed by atoms with E-state index in [-0.39, 0.29) is 30.2 Å². The van der Waals surface area contributed by atoms with Gasteiger partial charge in [0.1, 0.15) is 33.6 Å². The molecule has 2 atom stereocenters. The van der Waals surface area contributed by atoms with Crippen LogP contribution in [0.15, 0.2) is 122 Å². The van der Waals surface area contributed by atoms with Crippen molar-refractivity contribution in [2.45, 2.75) is 66.2 Å². The van der Waals surface area contributed by atoms with Crippen molar-refractivity contribution in [3.8, 4) is 43.5 Å². The third kappa shape index (κ3) is 12.3. The predicted molar refractivity (Wildman–Crippen MR) is 240 cm³/mol. The van der Waals surface area contributed by atoms with Gasteiger partial charge in [-0.3, -0.25) is 9.59 Å². The van der Waals surface area contributed by atoms with E-state index < -0.39 is 24.3 Å². The van der Waals surface area contributed by atoms with E-state index in [1.807, 2.05) is 52.9 Å². The first-order valence-corrected chi connectivity index (χ1v) is 21.8. The van der Waals surface area contributed by atoms with Gasteiger partial charge >= 0.3 is 12.2 Å². The van der Waals surface area contributed by atoms with Gasteiger partial charge < -0.3 is 30.3 Å². The molecule has 0 bridgehead atoms. The lowest BCUT2D eigenvalue weighted by Crippen LogP contribution is -2.51. The lowest BCUT2D eigenvalue weighted by molar-refractivity contribution is -0.135. The van der Waals surface area contributed by atoms with Gasteiger partial charge in [0, 0.05) is 18.9 Å². The molecule has 2 aromatic heterocycles. The highest BCUT2D eigenvalue weighted by atomic mass is 32.1. The van der Waals surface area contributed by atoms with Crippen molar-refractivity contribution in [3.05, 3.63) is 132 Å². The molecular weight excluding hydrogens is 809 g/mol. The molecule has 3 N–H and O–H groups in total. The van der Waals surface area contributed by atoms with E-state index in [0.717, 1.165) is 48.4 Å². The second-order valence-electron chi connectivity index (χ2n) is 15.0. The van der Waals surface area contributed by atoms with E-state index in [9.17, 15) is 19.2 Å². The summed E-state index contributed by atoms with van der Waals surface area (Å²) in [5.74, 6) is -0.0127. The van der Waals surface area contributed by atoms with E-state index in [1.165, 1.54) is 22.7 Å². The minimum atomic E-state index is -0.775. The third-order valence-corrected chi connectivity index (χ3v) is 11.7. The zero-order chi connectivity index (χ0) is 43.3. The number of amides is 4. The van der Waals surface area contributed by atoms with Gasteiger partial charge in [-0.15, -0.1) is 22.7 Å². The van der Waals surface area contributed by atoms with E-state index in [1.54, 1.807) is 59.6 Å². The molecule has 0 aliphatic carbocycles. The number of ether oxygens (including phenoxy) is 2. The van der Waals surface area contributed by atoms with Gasteiger partial charge in [0.2, 0.25) is 11.8 Å². The largest absolute Gasteiger partial charge is 0.413 e. The molecule has 6 aromatic rings. The highest BCUT2D eigenvalue weighted by Crippen LogP contribution is 2.32. The van der Waals surface area contributed by atoms with Crippen molar-refractivity contribution >= 4 is 46.7 Å². The Labute approximate surface area is 364 Å². The Morgan fingerprint density at radius 1 is 0.607 bits per heavy atom. The Balaban J connectivity index is 1.02. The van der Waals surface area contributed by atoms with Crippen LogP contribution in [0, 0.1) is 11.8 Å². The number of carbonyl (C=O) groups excluding carboxylic acids is 4. The Hall–Kier alpha value is -6.38. The fraction of sp³-hybridized carbons (Fsp3) is 0.277. The summed E-state index contributed by atoms with van der Waals surface area (Å²) in [6.07, 6.45) is 3.03. The topological polar surface area (TPSA) is 152 Å². The molecule has 2 unspecified atom stereocenters. The SMILES string of the molecule is CCCN(Cc1ncc(-c2ccc(-c3ccc(-c4cnc(CNC(=O)C(NC(=O)Oc5ccccc5)C(C)C)s4)cc3)cc2)s1)C(=O)C(NC(=O)Oc1ccccc1)C(C)C. The van der Waals surface area contributed by atoms with Crippen LogP contribution in [0.4, 0.5) is 9.59 Å². The summed E-state index contributed by atoms with van der Waals surface area (Å²) in [4.78, 5) is 64.9. The molecular formula is C47H50N6O6S2. The minimum absolute atomic E-state index is 0.155. The van der Waals surface area contributed by atoms with Gasteiger partial charge in [0.25, 0.3) is 0 Å². The van der Waals surface area contributed by atoms with Gasteiger partial charge in [-0.25, -0.2) is 19.6 Å². The number of nitrogens with zero attached hydrogens (tertiary/aromatic N) is 3. The Morgan fingerprint density at radius 2 is 1.05 bits per heavy atom. The molecule has 2 heterocycles. The molecule has 12 nitrogen and oxygen atoms in total. The third-order valence-electron chi connectivity index (χ3n) is 9.66. The molecule has 4 aromatic carbocycles. The minimum Gasteiger partial charge on any atom is -0.410 e. The number of hydrogen-bond acceptors (Lipinski definition) is 10. The van der Waals surface area contributed by atoms with E-state index >= 15 is 0 Å². The molecule has 0 saturated heterocycles. The van der Waals surface area contributed by atoms with Crippen LogP contribution < -0.4 is 25.4 Å². The second-order valence-corrected chi connectivity index (χ2v) is 17.2. The Morgan fingerprint density at radius 3 is 1.52 bits per heavy atom. The summed E-state index contributed by atoms with van der Waals surface area (Å²) < 4.78 is 10.7. The molecule has 0 radical (unpaired) electrons. The summed E-state index contributed by atoms with van der Waals surface area (Å²) in [5.41, 5.74) is 4.16.